The van der Waals surface area contributed by atoms with E-state index in [4.69, 9.17) is 5.73 Å². The van der Waals surface area contributed by atoms with Crippen molar-refractivity contribution in [1.82, 2.24) is 10.2 Å². The molecule has 1 heterocycles. The van der Waals surface area contributed by atoms with Gasteiger partial charge in [-0.3, -0.25) is 4.79 Å². The van der Waals surface area contributed by atoms with Gasteiger partial charge in [-0.15, -0.1) is 0 Å². The minimum Gasteiger partial charge on any atom is -0.353 e. The number of amides is 1. The van der Waals surface area contributed by atoms with Crippen molar-refractivity contribution in [3.05, 3.63) is 0 Å². The van der Waals surface area contributed by atoms with Crippen LogP contribution in [0.4, 0.5) is 0 Å². The van der Waals surface area contributed by atoms with E-state index in [1.165, 1.54) is 6.54 Å². The van der Waals surface area contributed by atoms with Crippen molar-refractivity contribution in [1.29, 1.82) is 0 Å². The minimum atomic E-state index is 0.160. The Morgan fingerprint density at radius 2 is 1.95 bits per heavy atom. The van der Waals surface area contributed by atoms with Gasteiger partial charge in [0.2, 0.25) is 5.91 Å². The van der Waals surface area contributed by atoms with Gasteiger partial charge in [-0.25, -0.2) is 0 Å². The summed E-state index contributed by atoms with van der Waals surface area (Å²) in [7, 11) is 0. The summed E-state index contributed by atoms with van der Waals surface area (Å²) in [5.41, 5.74) is 5.97. The van der Waals surface area contributed by atoms with Gasteiger partial charge in [0.05, 0.1) is 0 Å². The number of likely N-dealkylation sites (tertiary alicyclic amines) is 1. The van der Waals surface area contributed by atoms with E-state index in [1.54, 1.807) is 0 Å². The SMILES string of the molecule is CC(C)CN1CCC(NC(=O)C2CCCC(N)C2)CC1. The molecular formula is C16H31N3O. The fraction of sp³-hybridized carbons (Fsp3) is 0.938. The lowest BCUT2D eigenvalue weighted by Gasteiger charge is -2.34. The summed E-state index contributed by atoms with van der Waals surface area (Å²) < 4.78 is 0. The van der Waals surface area contributed by atoms with Crippen molar-refractivity contribution >= 4 is 5.91 Å². The van der Waals surface area contributed by atoms with Gasteiger partial charge >= 0.3 is 0 Å². The molecule has 1 aliphatic heterocycles. The molecule has 0 radical (unpaired) electrons. The predicted octanol–water partition coefficient (Wildman–Crippen LogP) is 1.74. The van der Waals surface area contributed by atoms with Crippen LogP contribution in [0.2, 0.25) is 0 Å². The highest BCUT2D eigenvalue weighted by Crippen LogP contribution is 2.24. The molecule has 1 saturated heterocycles. The Balaban J connectivity index is 1.70. The summed E-state index contributed by atoms with van der Waals surface area (Å²) in [6.07, 6.45) is 6.27. The monoisotopic (exact) mass is 281 g/mol. The first kappa shape index (κ1) is 15.8. The van der Waals surface area contributed by atoms with Crippen LogP contribution in [0.15, 0.2) is 0 Å². The molecule has 2 atom stereocenters. The standard InChI is InChI=1S/C16H31N3O/c1-12(2)11-19-8-6-15(7-9-19)18-16(20)13-4-3-5-14(17)10-13/h12-15H,3-11,17H2,1-2H3,(H,18,20). The molecule has 2 aliphatic rings. The summed E-state index contributed by atoms with van der Waals surface area (Å²) in [5, 5.41) is 3.26. The van der Waals surface area contributed by atoms with Gasteiger partial charge in [-0.1, -0.05) is 20.3 Å². The van der Waals surface area contributed by atoms with Crippen LogP contribution < -0.4 is 11.1 Å². The molecular weight excluding hydrogens is 250 g/mol. The van der Waals surface area contributed by atoms with Gasteiger partial charge in [-0.2, -0.15) is 0 Å². The fourth-order valence-electron chi connectivity index (χ4n) is 3.56. The first-order chi connectivity index (χ1) is 9.54. The Bertz CT molecular complexity index is 311. The summed E-state index contributed by atoms with van der Waals surface area (Å²) in [4.78, 5) is 14.8. The maximum atomic E-state index is 12.3. The summed E-state index contributed by atoms with van der Waals surface area (Å²) in [6.45, 7) is 7.94. The van der Waals surface area contributed by atoms with E-state index in [9.17, 15) is 4.79 Å². The summed E-state index contributed by atoms with van der Waals surface area (Å²) in [5.74, 6) is 1.14. The van der Waals surface area contributed by atoms with E-state index in [-0.39, 0.29) is 17.9 Å². The average Bonchev–Trinajstić information content (AvgIpc) is 2.40. The second-order valence-electron chi connectivity index (χ2n) is 7.10. The molecule has 4 heteroatoms. The van der Waals surface area contributed by atoms with Crippen LogP contribution in [0, 0.1) is 11.8 Å². The van der Waals surface area contributed by atoms with Crippen LogP contribution >= 0.6 is 0 Å². The highest BCUT2D eigenvalue weighted by Gasteiger charge is 2.28. The molecule has 4 nitrogen and oxygen atoms in total. The van der Waals surface area contributed by atoms with Crippen molar-refractivity contribution in [2.75, 3.05) is 19.6 Å². The Hall–Kier alpha value is -0.610. The molecule has 1 amide bonds. The van der Waals surface area contributed by atoms with Crippen LogP contribution in [-0.2, 0) is 4.79 Å². The number of nitrogens with two attached hydrogens (primary N) is 1. The van der Waals surface area contributed by atoms with E-state index >= 15 is 0 Å². The quantitative estimate of drug-likeness (QED) is 0.825. The Morgan fingerprint density at radius 1 is 1.25 bits per heavy atom. The Morgan fingerprint density at radius 3 is 2.55 bits per heavy atom. The van der Waals surface area contributed by atoms with Crippen LogP contribution in [0.5, 0.6) is 0 Å². The molecule has 3 N–H and O–H groups in total. The number of nitrogens with zero attached hydrogens (tertiary/aromatic N) is 1. The van der Waals surface area contributed by atoms with Gasteiger partial charge in [-0.05, 0) is 38.0 Å². The van der Waals surface area contributed by atoms with Crippen LogP contribution in [-0.4, -0.2) is 42.5 Å². The molecule has 2 fully saturated rings. The molecule has 1 aliphatic carbocycles. The van der Waals surface area contributed by atoms with E-state index in [0.29, 0.717) is 6.04 Å². The maximum absolute atomic E-state index is 12.3. The molecule has 20 heavy (non-hydrogen) atoms. The van der Waals surface area contributed by atoms with Crippen molar-refractivity contribution in [3.63, 3.8) is 0 Å². The third-order valence-electron chi connectivity index (χ3n) is 4.64. The molecule has 116 valence electrons. The molecule has 1 saturated carbocycles. The lowest BCUT2D eigenvalue weighted by Crippen LogP contribution is -2.48. The van der Waals surface area contributed by atoms with Gasteiger partial charge < -0.3 is 16.0 Å². The second kappa shape index (κ2) is 7.41. The van der Waals surface area contributed by atoms with E-state index in [0.717, 1.165) is 57.5 Å². The third kappa shape index (κ3) is 4.74. The van der Waals surface area contributed by atoms with Crippen LogP contribution in [0.3, 0.4) is 0 Å². The van der Waals surface area contributed by atoms with Gasteiger partial charge in [0.15, 0.2) is 0 Å². The second-order valence-corrected chi connectivity index (χ2v) is 7.10. The molecule has 0 aromatic rings. The average molecular weight is 281 g/mol. The van der Waals surface area contributed by atoms with Gasteiger partial charge in [0, 0.05) is 37.6 Å². The zero-order chi connectivity index (χ0) is 14.5. The Kier molecular flexibility index (Phi) is 5.85. The topological polar surface area (TPSA) is 58.4 Å². The van der Waals surface area contributed by atoms with Crippen LogP contribution in [0.25, 0.3) is 0 Å². The van der Waals surface area contributed by atoms with Crippen molar-refractivity contribution in [3.8, 4) is 0 Å². The number of rotatable bonds is 4. The molecule has 0 spiro atoms. The number of carbonyl (C=O) groups excluding carboxylic acids is 1. The lowest BCUT2D eigenvalue weighted by atomic mass is 9.85. The highest BCUT2D eigenvalue weighted by atomic mass is 16.1. The summed E-state index contributed by atoms with van der Waals surface area (Å²) in [6, 6.07) is 0.608. The zero-order valence-electron chi connectivity index (χ0n) is 13.1. The number of carbonyl (C=O) groups is 1. The molecule has 0 aromatic heterocycles. The minimum absolute atomic E-state index is 0.160. The molecule has 0 bridgehead atoms. The fourth-order valence-corrected chi connectivity index (χ4v) is 3.56. The van der Waals surface area contributed by atoms with Crippen molar-refractivity contribution in [2.24, 2.45) is 17.6 Å². The number of hydrogen-bond donors (Lipinski definition) is 2. The van der Waals surface area contributed by atoms with E-state index in [1.807, 2.05) is 0 Å². The highest BCUT2D eigenvalue weighted by molar-refractivity contribution is 5.79. The van der Waals surface area contributed by atoms with E-state index < -0.39 is 0 Å². The first-order valence-electron chi connectivity index (χ1n) is 8.33. The Labute approximate surface area is 123 Å². The van der Waals surface area contributed by atoms with Crippen molar-refractivity contribution < 1.29 is 4.79 Å². The molecule has 2 rings (SSSR count). The first-order valence-corrected chi connectivity index (χ1v) is 8.33. The number of hydrogen-bond acceptors (Lipinski definition) is 3. The summed E-state index contributed by atoms with van der Waals surface area (Å²) >= 11 is 0. The third-order valence-corrected chi connectivity index (χ3v) is 4.64. The maximum Gasteiger partial charge on any atom is 0.223 e. The van der Waals surface area contributed by atoms with Gasteiger partial charge in [0.25, 0.3) is 0 Å². The van der Waals surface area contributed by atoms with E-state index in [2.05, 4.69) is 24.1 Å². The largest absolute Gasteiger partial charge is 0.353 e. The smallest absolute Gasteiger partial charge is 0.223 e. The predicted molar refractivity (Wildman–Crippen MR) is 82.4 cm³/mol. The van der Waals surface area contributed by atoms with Crippen LogP contribution in [0.1, 0.15) is 52.4 Å². The normalized spacial score (nSPS) is 29.6. The van der Waals surface area contributed by atoms with Crippen molar-refractivity contribution in [2.45, 2.75) is 64.5 Å². The molecule has 0 aromatic carbocycles. The number of piperidine rings is 1. The molecule has 2 unspecified atom stereocenters. The lowest BCUT2D eigenvalue weighted by molar-refractivity contribution is -0.127. The van der Waals surface area contributed by atoms with Gasteiger partial charge in [0.1, 0.15) is 0 Å². The number of nitrogens with one attached hydrogen (secondary N) is 1. The zero-order valence-corrected chi connectivity index (χ0v) is 13.1.